The molecule has 180 valence electrons. The Morgan fingerprint density at radius 3 is 2.15 bits per heavy atom. The van der Waals surface area contributed by atoms with Crippen molar-refractivity contribution < 1.29 is 22.3 Å². The molecule has 0 unspecified atom stereocenters. The van der Waals surface area contributed by atoms with Gasteiger partial charge in [-0.15, -0.1) is 0 Å². The van der Waals surface area contributed by atoms with Gasteiger partial charge < -0.3 is 10.1 Å². The Labute approximate surface area is 200 Å². The van der Waals surface area contributed by atoms with Crippen molar-refractivity contribution >= 4 is 21.6 Å². The quantitative estimate of drug-likeness (QED) is 0.423. The molecule has 1 N–H and O–H groups in total. The number of benzene rings is 3. The second-order valence-corrected chi connectivity index (χ2v) is 10.2. The lowest BCUT2D eigenvalue weighted by atomic mass is 10.0. The number of sulfonamides is 1. The maximum atomic E-state index is 12.9. The number of carbonyl (C=O) groups excluding carboxylic acids is 1. The van der Waals surface area contributed by atoms with Crippen molar-refractivity contribution in [1.29, 1.82) is 0 Å². The molecule has 3 aromatic rings. The van der Waals surface area contributed by atoms with Crippen LogP contribution in [0.5, 0.6) is 5.75 Å². The predicted molar refractivity (Wildman–Crippen MR) is 132 cm³/mol. The van der Waals surface area contributed by atoms with Crippen molar-refractivity contribution in [2.75, 3.05) is 23.7 Å². The first-order valence-corrected chi connectivity index (χ1v) is 12.8. The van der Waals surface area contributed by atoms with E-state index in [1.165, 1.54) is 34.8 Å². The average Bonchev–Trinajstić information content (AvgIpc) is 2.81. The largest absolute Gasteiger partial charge is 0.492 e. The molecule has 3 aromatic carbocycles. The van der Waals surface area contributed by atoms with E-state index in [0.717, 1.165) is 11.1 Å². The molecular weight excluding hydrogens is 455 g/mol. The highest BCUT2D eigenvalue weighted by Gasteiger charge is 2.18. The highest BCUT2D eigenvalue weighted by atomic mass is 32.2. The maximum Gasteiger partial charge on any atom is 0.251 e. The van der Waals surface area contributed by atoms with E-state index in [1.807, 2.05) is 24.3 Å². The summed E-state index contributed by atoms with van der Waals surface area (Å²) in [5.41, 5.74) is 2.94. The summed E-state index contributed by atoms with van der Waals surface area (Å²) < 4.78 is 44.6. The Kier molecular flexibility index (Phi) is 8.28. The number of rotatable bonds is 10. The lowest BCUT2D eigenvalue weighted by Gasteiger charge is -2.23. The summed E-state index contributed by atoms with van der Waals surface area (Å²) in [6.45, 7) is 4.85. The molecule has 6 nitrogen and oxygen atoms in total. The van der Waals surface area contributed by atoms with Gasteiger partial charge in [0.2, 0.25) is 10.0 Å². The minimum atomic E-state index is -3.50. The third kappa shape index (κ3) is 7.05. The average molecular weight is 485 g/mol. The second kappa shape index (κ2) is 11.2. The molecule has 0 aliphatic heterocycles. The fourth-order valence-electron chi connectivity index (χ4n) is 3.32. The van der Waals surface area contributed by atoms with E-state index in [4.69, 9.17) is 4.74 Å². The Morgan fingerprint density at radius 2 is 1.59 bits per heavy atom. The normalized spacial score (nSPS) is 11.3. The lowest BCUT2D eigenvalue weighted by molar-refractivity contribution is 0.0947. The third-order valence-corrected chi connectivity index (χ3v) is 6.40. The summed E-state index contributed by atoms with van der Waals surface area (Å²) >= 11 is 0. The van der Waals surface area contributed by atoms with Crippen LogP contribution in [-0.4, -0.2) is 33.7 Å². The smallest absolute Gasteiger partial charge is 0.251 e. The van der Waals surface area contributed by atoms with E-state index < -0.39 is 10.0 Å². The highest BCUT2D eigenvalue weighted by Crippen LogP contribution is 2.24. The van der Waals surface area contributed by atoms with Gasteiger partial charge >= 0.3 is 0 Å². The van der Waals surface area contributed by atoms with Gasteiger partial charge in [-0.25, -0.2) is 12.8 Å². The summed E-state index contributed by atoms with van der Waals surface area (Å²) in [5.74, 6) is 0.273. The van der Waals surface area contributed by atoms with Crippen molar-refractivity contribution in [3.8, 4) is 5.75 Å². The van der Waals surface area contributed by atoms with E-state index >= 15 is 0 Å². The van der Waals surface area contributed by atoms with Gasteiger partial charge in [0.1, 0.15) is 18.2 Å². The number of nitrogens with one attached hydrogen (secondary N) is 1. The number of halogens is 1. The molecule has 1 amide bonds. The molecular formula is C26H29FN2O4S. The van der Waals surface area contributed by atoms with Crippen molar-refractivity contribution in [1.82, 2.24) is 5.32 Å². The van der Waals surface area contributed by atoms with Crippen LogP contribution in [0.25, 0.3) is 0 Å². The van der Waals surface area contributed by atoms with Gasteiger partial charge in [-0.05, 0) is 65.6 Å². The number of carbonyl (C=O) groups is 1. The van der Waals surface area contributed by atoms with Crippen LogP contribution >= 0.6 is 0 Å². The zero-order valence-corrected chi connectivity index (χ0v) is 20.3. The third-order valence-electron chi connectivity index (χ3n) is 5.26. The summed E-state index contributed by atoms with van der Waals surface area (Å²) in [6, 6.07) is 20.0. The highest BCUT2D eigenvalue weighted by molar-refractivity contribution is 7.92. The zero-order chi connectivity index (χ0) is 24.7. The van der Waals surface area contributed by atoms with Crippen molar-refractivity contribution in [2.24, 2.45) is 0 Å². The first-order chi connectivity index (χ1) is 16.1. The van der Waals surface area contributed by atoms with Gasteiger partial charge in [-0.1, -0.05) is 38.1 Å². The van der Waals surface area contributed by atoms with Crippen molar-refractivity contribution in [3.05, 3.63) is 95.3 Å². The van der Waals surface area contributed by atoms with Crippen molar-refractivity contribution in [2.45, 2.75) is 26.3 Å². The van der Waals surface area contributed by atoms with Crippen LogP contribution in [0.15, 0.2) is 72.8 Å². The number of hydrogen-bond acceptors (Lipinski definition) is 4. The van der Waals surface area contributed by atoms with E-state index in [-0.39, 0.29) is 31.4 Å². The number of ether oxygens (including phenoxy) is 1. The van der Waals surface area contributed by atoms with Crippen LogP contribution in [0.3, 0.4) is 0 Å². The predicted octanol–water partition coefficient (Wildman–Crippen LogP) is 4.72. The topological polar surface area (TPSA) is 75.7 Å². The maximum absolute atomic E-state index is 12.9. The Hall–Kier alpha value is -3.39. The van der Waals surface area contributed by atoms with Crippen molar-refractivity contribution in [3.63, 3.8) is 0 Å². The number of hydrogen-bond donors (Lipinski definition) is 1. The van der Waals surface area contributed by atoms with Gasteiger partial charge in [0, 0.05) is 5.56 Å². The number of anilines is 1. The molecule has 34 heavy (non-hydrogen) atoms. The van der Waals surface area contributed by atoms with E-state index in [0.29, 0.717) is 22.9 Å². The molecule has 0 heterocycles. The molecule has 0 saturated heterocycles. The lowest BCUT2D eigenvalue weighted by Crippen LogP contribution is -2.29. The zero-order valence-electron chi connectivity index (χ0n) is 19.5. The molecule has 0 aliphatic carbocycles. The van der Waals surface area contributed by atoms with Crippen LogP contribution in [0.1, 0.15) is 41.3 Å². The van der Waals surface area contributed by atoms with Crippen LogP contribution in [0, 0.1) is 5.82 Å². The van der Waals surface area contributed by atoms with Gasteiger partial charge in [0.15, 0.2) is 0 Å². The van der Waals surface area contributed by atoms with Crippen LogP contribution in [-0.2, 0) is 16.6 Å². The Balaban J connectivity index is 1.58. The summed E-state index contributed by atoms with van der Waals surface area (Å²) in [7, 11) is -3.50. The summed E-state index contributed by atoms with van der Waals surface area (Å²) in [5, 5.41) is 2.76. The molecule has 0 atom stereocenters. The fraction of sp³-hybridized carbons (Fsp3) is 0.269. The minimum Gasteiger partial charge on any atom is -0.492 e. The molecule has 0 radical (unpaired) electrons. The molecule has 8 heteroatoms. The molecule has 0 saturated carbocycles. The molecule has 0 aromatic heterocycles. The van der Waals surface area contributed by atoms with Gasteiger partial charge in [-0.3, -0.25) is 9.10 Å². The summed E-state index contributed by atoms with van der Waals surface area (Å²) in [4.78, 5) is 12.4. The Morgan fingerprint density at radius 1 is 0.971 bits per heavy atom. The fourth-order valence-corrected chi connectivity index (χ4v) is 4.21. The van der Waals surface area contributed by atoms with E-state index in [9.17, 15) is 17.6 Å². The van der Waals surface area contributed by atoms with Crippen LogP contribution in [0.2, 0.25) is 0 Å². The van der Waals surface area contributed by atoms with E-state index in [1.54, 1.807) is 24.3 Å². The summed E-state index contributed by atoms with van der Waals surface area (Å²) in [6.07, 6.45) is 1.18. The van der Waals surface area contributed by atoms with Gasteiger partial charge in [0.25, 0.3) is 5.91 Å². The minimum absolute atomic E-state index is 0.160. The van der Waals surface area contributed by atoms with Gasteiger partial charge in [-0.2, -0.15) is 0 Å². The van der Waals surface area contributed by atoms with Crippen LogP contribution in [0.4, 0.5) is 10.1 Å². The molecule has 0 spiro atoms. The SMILES string of the molecule is CC(C)c1ccc(N(Cc2ccc(C(=O)NCCOc3ccc(F)cc3)cc2)S(C)(=O)=O)cc1. The second-order valence-electron chi connectivity index (χ2n) is 8.27. The molecule has 0 fully saturated rings. The first-order valence-electron chi connectivity index (χ1n) is 11.0. The molecule has 3 rings (SSSR count). The number of amides is 1. The first kappa shape index (κ1) is 25.2. The number of nitrogens with zero attached hydrogens (tertiary/aromatic N) is 1. The van der Waals surface area contributed by atoms with E-state index in [2.05, 4.69) is 19.2 Å². The van der Waals surface area contributed by atoms with Crippen LogP contribution < -0.4 is 14.4 Å². The van der Waals surface area contributed by atoms with Gasteiger partial charge in [0.05, 0.1) is 25.0 Å². The Bertz CT molecular complexity index is 1190. The standard InChI is InChI=1S/C26H29FN2O4S/c1-19(2)21-8-12-24(13-9-21)29(34(3,31)32)18-20-4-6-22(7-5-20)26(30)28-16-17-33-25-14-10-23(27)11-15-25/h4-15,19H,16-18H2,1-3H3,(H,28,30). The molecule has 0 aliphatic rings. The molecule has 0 bridgehead atoms. The monoisotopic (exact) mass is 484 g/mol.